The number of rotatable bonds is 2. The minimum absolute atomic E-state index is 0.0831. The molecular formula is C12H14O4. The number of Topliss-reactive ketones (excluding diaryl/α,β-unsaturated/α-hetero) is 2. The van der Waals surface area contributed by atoms with Gasteiger partial charge in [0.05, 0.1) is 0 Å². The summed E-state index contributed by atoms with van der Waals surface area (Å²) in [5, 5.41) is 9.01. The number of hydrogen-bond acceptors (Lipinski definition) is 3. The van der Waals surface area contributed by atoms with Crippen LogP contribution in [0.15, 0.2) is 11.1 Å². The van der Waals surface area contributed by atoms with E-state index in [1.165, 1.54) is 0 Å². The van der Waals surface area contributed by atoms with E-state index in [2.05, 4.69) is 0 Å². The summed E-state index contributed by atoms with van der Waals surface area (Å²) < 4.78 is 0. The molecule has 0 aromatic heterocycles. The van der Waals surface area contributed by atoms with Crippen LogP contribution < -0.4 is 0 Å². The topological polar surface area (TPSA) is 71.4 Å². The Morgan fingerprint density at radius 1 is 1.44 bits per heavy atom. The van der Waals surface area contributed by atoms with Crippen LogP contribution in [-0.2, 0) is 14.4 Å². The third-order valence-corrected chi connectivity index (χ3v) is 3.60. The molecule has 86 valence electrons. The van der Waals surface area contributed by atoms with Gasteiger partial charge < -0.3 is 5.11 Å². The average Bonchev–Trinajstić information content (AvgIpc) is 2.54. The third kappa shape index (κ3) is 1.49. The molecule has 0 bridgehead atoms. The van der Waals surface area contributed by atoms with Crippen LogP contribution in [0.3, 0.4) is 0 Å². The van der Waals surface area contributed by atoms with Gasteiger partial charge in [-0.3, -0.25) is 9.59 Å². The third-order valence-electron chi connectivity index (χ3n) is 3.60. The molecule has 1 saturated carbocycles. The fourth-order valence-corrected chi connectivity index (χ4v) is 2.74. The highest BCUT2D eigenvalue weighted by Gasteiger charge is 2.43. The van der Waals surface area contributed by atoms with Crippen molar-refractivity contribution >= 4 is 17.5 Å². The largest absolute Gasteiger partial charge is 0.478 e. The highest BCUT2D eigenvalue weighted by Crippen LogP contribution is 2.42. The Kier molecular flexibility index (Phi) is 2.66. The van der Waals surface area contributed by atoms with E-state index in [0.717, 1.165) is 6.42 Å². The van der Waals surface area contributed by atoms with Crippen molar-refractivity contribution in [1.29, 1.82) is 0 Å². The molecule has 0 aliphatic heterocycles. The molecule has 0 saturated heterocycles. The number of carboxylic acid groups (broad SMARTS) is 1. The lowest BCUT2D eigenvalue weighted by Gasteiger charge is -2.18. The van der Waals surface area contributed by atoms with E-state index in [1.807, 2.05) is 6.92 Å². The maximum atomic E-state index is 11.9. The number of aliphatic carboxylic acids is 1. The second-order valence-corrected chi connectivity index (χ2v) is 4.43. The molecule has 16 heavy (non-hydrogen) atoms. The van der Waals surface area contributed by atoms with Crippen molar-refractivity contribution < 1.29 is 19.5 Å². The minimum Gasteiger partial charge on any atom is -0.478 e. The first-order valence-electron chi connectivity index (χ1n) is 5.59. The number of hydrogen-bond donors (Lipinski definition) is 1. The van der Waals surface area contributed by atoms with E-state index in [-0.39, 0.29) is 35.4 Å². The van der Waals surface area contributed by atoms with Gasteiger partial charge in [0, 0.05) is 18.3 Å². The van der Waals surface area contributed by atoms with Crippen molar-refractivity contribution in [3.63, 3.8) is 0 Å². The normalized spacial score (nSPS) is 29.6. The molecule has 2 unspecified atom stereocenters. The molecule has 2 aliphatic rings. The number of ketones is 2. The molecule has 1 fully saturated rings. The van der Waals surface area contributed by atoms with Crippen molar-refractivity contribution in [2.45, 2.75) is 32.6 Å². The van der Waals surface area contributed by atoms with Crippen LogP contribution in [-0.4, -0.2) is 22.6 Å². The molecule has 1 N–H and O–H groups in total. The first-order chi connectivity index (χ1) is 7.56. The molecule has 0 radical (unpaired) electrons. The fourth-order valence-electron chi connectivity index (χ4n) is 2.74. The van der Waals surface area contributed by atoms with Gasteiger partial charge in [-0.1, -0.05) is 6.92 Å². The molecule has 0 aromatic carbocycles. The van der Waals surface area contributed by atoms with Crippen LogP contribution >= 0.6 is 0 Å². The van der Waals surface area contributed by atoms with E-state index in [9.17, 15) is 14.4 Å². The van der Waals surface area contributed by atoms with E-state index in [4.69, 9.17) is 5.11 Å². The minimum atomic E-state index is -1.17. The Morgan fingerprint density at radius 3 is 2.69 bits per heavy atom. The van der Waals surface area contributed by atoms with Gasteiger partial charge in [0.2, 0.25) is 0 Å². The summed E-state index contributed by atoms with van der Waals surface area (Å²) >= 11 is 0. The predicted molar refractivity (Wildman–Crippen MR) is 55.8 cm³/mol. The maximum Gasteiger partial charge on any atom is 0.339 e. The molecule has 2 aliphatic carbocycles. The number of fused-ring (bicyclic) bond motifs is 1. The van der Waals surface area contributed by atoms with Gasteiger partial charge in [0.1, 0.15) is 11.4 Å². The quantitative estimate of drug-likeness (QED) is 0.716. The Balaban J connectivity index is 2.46. The number of carboxylic acids is 1. The summed E-state index contributed by atoms with van der Waals surface area (Å²) in [4.78, 5) is 34.5. The van der Waals surface area contributed by atoms with E-state index >= 15 is 0 Å². The Hall–Kier alpha value is -1.45. The highest BCUT2D eigenvalue weighted by molar-refractivity contribution is 6.19. The number of allylic oxidation sites excluding steroid dienone is 1. The van der Waals surface area contributed by atoms with E-state index in [0.29, 0.717) is 18.4 Å². The van der Waals surface area contributed by atoms with Crippen LogP contribution in [0.4, 0.5) is 0 Å². The zero-order valence-corrected chi connectivity index (χ0v) is 9.16. The molecule has 0 amide bonds. The summed E-state index contributed by atoms with van der Waals surface area (Å²) in [6.45, 7) is 1.92. The molecule has 4 heteroatoms. The van der Waals surface area contributed by atoms with Gasteiger partial charge >= 0.3 is 5.97 Å². The van der Waals surface area contributed by atoms with Crippen molar-refractivity contribution in [1.82, 2.24) is 0 Å². The molecular weight excluding hydrogens is 208 g/mol. The summed E-state index contributed by atoms with van der Waals surface area (Å²) in [5.74, 6) is -1.74. The summed E-state index contributed by atoms with van der Waals surface area (Å²) in [6, 6.07) is 0. The average molecular weight is 222 g/mol. The predicted octanol–water partition coefficient (Wildman–Crippen LogP) is 1.35. The summed E-state index contributed by atoms with van der Waals surface area (Å²) in [6.07, 6.45) is 1.88. The second kappa shape index (κ2) is 3.85. The monoisotopic (exact) mass is 222 g/mol. The molecule has 2 atom stereocenters. The van der Waals surface area contributed by atoms with E-state index in [1.54, 1.807) is 0 Å². The smallest absolute Gasteiger partial charge is 0.339 e. The lowest BCUT2D eigenvalue weighted by Crippen LogP contribution is -2.25. The molecule has 0 heterocycles. The highest BCUT2D eigenvalue weighted by atomic mass is 16.4. The summed E-state index contributed by atoms with van der Waals surface area (Å²) in [7, 11) is 0. The van der Waals surface area contributed by atoms with Crippen LogP contribution in [0.1, 0.15) is 32.6 Å². The van der Waals surface area contributed by atoms with Crippen LogP contribution in [0.25, 0.3) is 0 Å². The Morgan fingerprint density at radius 2 is 2.12 bits per heavy atom. The number of carbonyl (C=O) groups is 3. The Bertz CT molecular complexity index is 405. The van der Waals surface area contributed by atoms with Crippen LogP contribution in [0, 0.1) is 11.8 Å². The first-order valence-corrected chi connectivity index (χ1v) is 5.59. The van der Waals surface area contributed by atoms with Crippen LogP contribution in [0.5, 0.6) is 0 Å². The van der Waals surface area contributed by atoms with Gasteiger partial charge in [-0.05, 0) is 24.8 Å². The van der Waals surface area contributed by atoms with E-state index < -0.39 is 5.97 Å². The van der Waals surface area contributed by atoms with Crippen molar-refractivity contribution in [2.24, 2.45) is 11.8 Å². The SMILES string of the molecule is CCC1CC2=C(C(=O)O)C(=O)CCC2C1=O. The molecule has 0 aromatic rings. The lowest BCUT2D eigenvalue weighted by molar-refractivity contribution is -0.135. The van der Waals surface area contributed by atoms with Gasteiger partial charge in [-0.15, -0.1) is 0 Å². The standard InChI is InChI=1S/C12H14O4/c1-2-6-5-8-7(11(6)14)3-4-9(13)10(8)12(15)16/h6-7H,2-5H2,1H3,(H,15,16). The van der Waals surface area contributed by atoms with Gasteiger partial charge in [-0.25, -0.2) is 4.79 Å². The zero-order chi connectivity index (χ0) is 11.9. The molecule has 4 nitrogen and oxygen atoms in total. The van der Waals surface area contributed by atoms with Gasteiger partial charge in [0.15, 0.2) is 5.78 Å². The maximum absolute atomic E-state index is 11.9. The first kappa shape index (κ1) is 11.0. The van der Waals surface area contributed by atoms with Gasteiger partial charge in [-0.2, -0.15) is 0 Å². The molecule has 2 rings (SSSR count). The lowest BCUT2D eigenvalue weighted by atomic mass is 9.83. The van der Waals surface area contributed by atoms with Crippen molar-refractivity contribution in [3.8, 4) is 0 Å². The fraction of sp³-hybridized carbons (Fsp3) is 0.583. The van der Waals surface area contributed by atoms with Crippen molar-refractivity contribution in [2.75, 3.05) is 0 Å². The molecule has 0 spiro atoms. The summed E-state index contributed by atoms with van der Waals surface area (Å²) in [5.41, 5.74) is 0.473. The van der Waals surface area contributed by atoms with Crippen LogP contribution in [0.2, 0.25) is 0 Å². The van der Waals surface area contributed by atoms with Crippen molar-refractivity contribution in [3.05, 3.63) is 11.1 Å². The second-order valence-electron chi connectivity index (χ2n) is 4.43. The zero-order valence-electron chi connectivity index (χ0n) is 9.16. The number of carbonyl (C=O) groups excluding carboxylic acids is 2. The Labute approximate surface area is 93.3 Å². The van der Waals surface area contributed by atoms with Gasteiger partial charge in [0.25, 0.3) is 0 Å².